The van der Waals surface area contributed by atoms with Gasteiger partial charge in [0, 0.05) is 30.0 Å². The van der Waals surface area contributed by atoms with Gasteiger partial charge in [-0.3, -0.25) is 9.48 Å². The Morgan fingerprint density at radius 1 is 1.56 bits per heavy atom. The molecule has 0 N–H and O–H groups in total. The van der Waals surface area contributed by atoms with Gasteiger partial charge in [-0.2, -0.15) is 16.9 Å². The minimum absolute atomic E-state index is 0.110. The molecule has 0 aromatic carbocycles. The van der Waals surface area contributed by atoms with Gasteiger partial charge in [-0.25, -0.2) is 0 Å². The van der Waals surface area contributed by atoms with E-state index in [4.69, 9.17) is 0 Å². The Bertz CT molecular complexity index is 378. The fourth-order valence-corrected chi connectivity index (χ4v) is 4.92. The largest absolute Gasteiger partial charge is 0.291 e. The van der Waals surface area contributed by atoms with Crippen LogP contribution in [0.5, 0.6) is 0 Å². The van der Waals surface area contributed by atoms with Gasteiger partial charge in [0.25, 0.3) is 0 Å². The molecule has 1 aromatic heterocycles. The highest BCUT2D eigenvalue weighted by Crippen LogP contribution is 2.34. The van der Waals surface area contributed by atoms with Crippen molar-refractivity contribution in [2.75, 3.05) is 11.5 Å². The predicted octanol–water partition coefficient (Wildman–Crippen LogP) is 2.23. The summed E-state index contributed by atoms with van der Waals surface area (Å²) in [5.41, 5.74) is 0.735. The molecule has 1 aliphatic rings. The van der Waals surface area contributed by atoms with Crippen molar-refractivity contribution in [2.45, 2.75) is 23.8 Å². The van der Waals surface area contributed by atoms with Crippen LogP contribution in [0.4, 0.5) is 0 Å². The van der Waals surface area contributed by atoms with Crippen molar-refractivity contribution >= 4 is 29.3 Å². The lowest BCUT2D eigenvalue weighted by Crippen LogP contribution is -2.33. The summed E-state index contributed by atoms with van der Waals surface area (Å²) >= 11 is 3.73. The topological polar surface area (TPSA) is 34.9 Å². The quantitative estimate of drug-likeness (QED) is 0.777. The Balaban J connectivity index is 2.17. The van der Waals surface area contributed by atoms with E-state index in [2.05, 4.69) is 12.0 Å². The molecule has 5 heteroatoms. The molecule has 2 heterocycles. The Hall–Kier alpha value is -0.420. The summed E-state index contributed by atoms with van der Waals surface area (Å²) in [6.07, 6.45) is 2.75. The molecule has 2 rings (SSSR count). The van der Waals surface area contributed by atoms with Gasteiger partial charge in [0.2, 0.25) is 0 Å². The van der Waals surface area contributed by atoms with Crippen LogP contribution >= 0.6 is 23.5 Å². The van der Waals surface area contributed by atoms with Crippen molar-refractivity contribution in [3.05, 3.63) is 18.0 Å². The number of ketones is 1. The second-order valence-electron chi connectivity index (χ2n) is 3.81. The lowest BCUT2D eigenvalue weighted by Gasteiger charge is -2.28. The molecule has 1 fully saturated rings. The minimum atomic E-state index is 0.110. The van der Waals surface area contributed by atoms with E-state index in [1.165, 1.54) is 5.75 Å². The van der Waals surface area contributed by atoms with Gasteiger partial charge >= 0.3 is 0 Å². The average molecular weight is 256 g/mol. The van der Waals surface area contributed by atoms with Gasteiger partial charge in [-0.1, -0.05) is 6.92 Å². The molecule has 1 aliphatic heterocycles. The van der Waals surface area contributed by atoms with Crippen LogP contribution in [0.1, 0.15) is 23.8 Å². The van der Waals surface area contributed by atoms with Crippen LogP contribution in [0.2, 0.25) is 0 Å². The van der Waals surface area contributed by atoms with Crippen LogP contribution in [0.15, 0.2) is 12.3 Å². The highest BCUT2D eigenvalue weighted by molar-refractivity contribution is 8.07. The molecular weight excluding hydrogens is 240 g/mol. The highest BCUT2D eigenvalue weighted by atomic mass is 32.2. The third-order valence-corrected chi connectivity index (χ3v) is 6.03. The highest BCUT2D eigenvalue weighted by Gasteiger charge is 2.32. The second-order valence-corrected chi connectivity index (χ2v) is 6.41. The fourth-order valence-electron chi connectivity index (χ4n) is 1.91. The number of aromatic nitrogens is 2. The number of carbonyl (C=O) groups excluding carboxylic acids is 1. The first-order valence-corrected chi connectivity index (χ1v) is 7.59. The molecular formula is C11H16N2OS2. The molecule has 2 atom stereocenters. The first-order chi connectivity index (χ1) is 7.74. The van der Waals surface area contributed by atoms with E-state index in [1.54, 1.807) is 22.6 Å². The van der Waals surface area contributed by atoms with Crippen LogP contribution in [-0.2, 0) is 7.05 Å². The summed E-state index contributed by atoms with van der Waals surface area (Å²) in [6, 6.07) is 1.81. The first kappa shape index (κ1) is 12.0. The molecule has 0 amide bonds. The van der Waals surface area contributed by atoms with E-state index in [1.807, 2.05) is 24.9 Å². The molecule has 0 saturated carbocycles. The first-order valence-electron chi connectivity index (χ1n) is 5.49. The van der Waals surface area contributed by atoms with Crippen molar-refractivity contribution in [3.63, 3.8) is 0 Å². The molecule has 88 valence electrons. The molecule has 1 saturated heterocycles. The van der Waals surface area contributed by atoms with Crippen LogP contribution in [0.3, 0.4) is 0 Å². The Morgan fingerprint density at radius 3 is 2.94 bits per heavy atom. The molecule has 3 nitrogen and oxygen atoms in total. The Kier molecular flexibility index (Phi) is 3.97. The lowest BCUT2D eigenvalue weighted by molar-refractivity contribution is 0.0979. The van der Waals surface area contributed by atoms with Crippen molar-refractivity contribution < 1.29 is 4.79 Å². The Labute approximate surface area is 104 Å². The van der Waals surface area contributed by atoms with Gasteiger partial charge in [0.05, 0.1) is 5.25 Å². The monoisotopic (exact) mass is 256 g/mol. The number of hydrogen-bond acceptors (Lipinski definition) is 4. The number of hydrogen-bond donors (Lipinski definition) is 0. The summed E-state index contributed by atoms with van der Waals surface area (Å²) in [7, 11) is 1.83. The number of nitrogens with zero attached hydrogens (tertiary/aromatic N) is 2. The minimum Gasteiger partial charge on any atom is -0.291 e. The third-order valence-electron chi connectivity index (χ3n) is 2.78. The number of carbonyl (C=O) groups is 1. The summed E-state index contributed by atoms with van der Waals surface area (Å²) in [6.45, 7) is 2.16. The summed E-state index contributed by atoms with van der Waals surface area (Å²) in [5, 5.41) is 4.63. The molecule has 2 unspecified atom stereocenters. The predicted molar refractivity (Wildman–Crippen MR) is 70.3 cm³/mol. The second kappa shape index (κ2) is 5.27. The van der Waals surface area contributed by atoms with Crippen molar-refractivity contribution in [3.8, 4) is 0 Å². The van der Waals surface area contributed by atoms with Gasteiger partial charge in [-0.15, -0.1) is 11.8 Å². The maximum atomic E-state index is 12.4. The summed E-state index contributed by atoms with van der Waals surface area (Å²) in [4.78, 5) is 12.4. The zero-order chi connectivity index (χ0) is 11.5. The summed E-state index contributed by atoms with van der Waals surface area (Å²) in [5.74, 6) is 2.48. The Morgan fingerprint density at radius 2 is 2.31 bits per heavy atom. The lowest BCUT2D eigenvalue weighted by atomic mass is 10.1. The van der Waals surface area contributed by atoms with Gasteiger partial charge in [0.1, 0.15) is 5.69 Å². The van der Waals surface area contributed by atoms with Crippen LogP contribution in [0.25, 0.3) is 0 Å². The maximum Gasteiger partial charge on any atom is 0.194 e. The van der Waals surface area contributed by atoms with Crippen LogP contribution in [0, 0.1) is 0 Å². The molecule has 0 aliphatic carbocycles. The molecule has 0 bridgehead atoms. The van der Waals surface area contributed by atoms with Crippen LogP contribution < -0.4 is 0 Å². The van der Waals surface area contributed by atoms with E-state index in [9.17, 15) is 4.79 Å². The molecule has 16 heavy (non-hydrogen) atoms. The van der Waals surface area contributed by atoms with Crippen molar-refractivity contribution in [1.82, 2.24) is 9.78 Å². The molecule has 1 aromatic rings. The zero-order valence-electron chi connectivity index (χ0n) is 9.55. The third kappa shape index (κ3) is 2.30. The number of aryl methyl sites for hydroxylation is 1. The molecule has 0 radical (unpaired) electrons. The van der Waals surface area contributed by atoms with Gasteiger partial charge in [-0.05, 0) is 12.5 Å². The van der Waals surface area contributed by atoms with E-state index in [-0.39, 0.29) is 11.0 Å². The summed E-state index contributed by atoms with van der Waals surface area (Å²) < 4.78 is 1.68. The fraction of sp³-hybridized carbons (Fsp3) is 0.636. The smallest absolute Gasteiger partial charge is 0.194 e. The van der Waals surface area contributed by atoms with Gasteiger partial charge in [0.15, 0.2) is 5.78 Å². The number of Topliss-reactive ketones (excluding diaryl/α,β-unsaturated/α-hetero) is 1. The van der Waals surface area contributed by atoms with E-state index < -0.39 is 0 Å². The SMILES string of the molecule is CCC1SCCSC1C(=O)c1ccnn1C. The average Bonchev–Trinajstić information content (AvgIpc) is 2.74. The number of rotatable bonds is 3. The molecule has 0 spiro atoms. The zero-order valence-corrected chi connectivity index (χ0v) is 11.2. The van der Waals surface area contributed by atoms with Crippen molar-refractivity contribution in [2.24, 2.45) is 7.05 Å². The standard InChI is InChI=1S/C11H16N2OS2/c1-3-9-11(16-7-6-15-9)10(14)8-4-5-12-13(8)2/h4-5,9,11H,3,6-7H2,1-2H3. The van der Waals surface area contributed by atoms with Gasteiger partial charge < -0.3 is 0 Å². The number of thioether (sulfide) groups is 2. The van der Waals surface area contributed by atoms with Crippen LogP contribution in [-0.4, -0.2) is 37.6 Å². The van der Waals surface area contributed by atoms with Crippen molar-refractivity contribution in [1.29, 1.82) is 0 Å². The van der Waals surface area contributed by atoms with E-state index >= 15 is 0 Å². The normalized spacial score (nSPS) is 25.6. The maximum absolute atomic E-state index is 12.4. The van der Waals surface area contributed by atoms with E-state index in [0.29, 0.717) is 5.25 Å². The van der Waals surface area contributed by atoms with E-state index in [0.717, 1.165) is 17.9 Å².